The number of rotatable bonds is 4. The lowest BCUT2D eigenvalue weighted by molar-refractivity contribution is -0.138. The second-order valence-electron chi connectivity index (χ2n) is 5.24. The highest BCUT2D eigenvalue weighted by Gasteiger charge is 2.33. The third kappa shape index (κ3) is 5.09. The molecule has 128 valence electrons. The van der Waals surface area contributed by atoms with Gasteiger partial charge in [0.2, 0.25) is 0 Å². The van der Waals surface area contributed by atoms with E-state index in [1.54, 1.807) is 0 Å². The average Bonchev–Trinajstić information content (AvgIpc) is 3.01. The summed E-state index contributed by atoms with van der Waals surface area (Å²) < 4.78 is 57.3. The zero-order valence-corrected chi connectivity index (χ0v) is 12.7. The number of hydrogen-bond acceptors (Lipinski definition) is 2. The Morgan fingerprint density at radius 2 is 2.13 bits per heavy atom. The Morgan fingerprint density at radius 3 is 2.74 bits per heavy atom. The zero-order chi connectivity index (χ0) is 16.9. The Balaban J connectivity index is 1.96. The van der Waals surface area contributed by atoms with Gasteiger partial charge in [0.05, 0.1) is 11.7 Å². The van der Waals surface area contributed by atoms with Crippen LogP contribution >= 0.6 is 0 Å². The molecule has 2 rings (SSSR count). The van der Waals surface area contributed by atoms with E-state index in [9.17, 15) is 17.6 Å². The molecule has 1 aliphatic rings. The summed E-state index contributed by atoms with van der Waals surface area (Å²) in [5, 5.41) is 5.81. The van der Waals surface area contributed by atoms with Gasteiger partial charge in [-0.05, 0) is 30.5 Å². The Hall–Kier alpha value is -1.83. The smallest absolute Gasteiger partial charge is 0.376 e. The first-order valence-corrected chi connectivity index (χ1v) is 7.32. The molecular formula is C15H19F4N3O. The maximum atomic E-state index is 13.1. The Labute approximate surface area is 131 Å². The molecule has 1 aromatic rings. The summed E-state index contributed by atoms with van der Waals surface area (Å²) in [6.07, 6.45) is -2.57. The molecule has 23 heavy (non-hydrogen) atoms. The van der Waals surface area contributed by atoms with Gasteiger partial charge in [0.25, 0.3) is 0 Å². The Bertz CT molecular complexity index is 554. The van der Waals surface area contributed by atoms with Crippen LogP contribution in [0.25, 0.3) is 0 Å². The minimum absolute atomic E-state index is 0.0426. The highest BCUT2D eigenvalue weighted by molar-refractivity contribution is 5.79. The van der Waals surface area contributed by atoms with Crippen LogP contribution in [0.5, 0.6) is 0 Å². The van der Waals surface area contributed by atoms with E-state index in [0.717, 1.165) is 31.6 Å². The highest BCUT2D eigenvalue weighted by Crippen LogP contribution is 2.32. The molecule has 1 unspecified atom stereocenters. The van der Waals surface area contributed by atoms with Crippen LogP contribution in [-0.4, -0.2) is 32.3 Å². The fraction of sp³-hybridized carbons (Fsp3) is 0.533. The molecule has 0 aliphatic carbocycles. The molecule has 0 amide bonds. The lowest BCUT2D eigenvalue weighted by atomic mass is 10.1. The van der Waals surface area contributed by atoms with Gasteiger partial charge in [0.1, 0.15) is 5.82 Å². The van der Waals surface area contributed by atoms with Crippen LogP contribution in [0.4, 0.5) is 17.6 Å². The summed E-state index contributed by atoms with van der Waals surface area (Å²) in [5.74, 6) is -0.542. The van der Waals surface area contributed by atoms with Crippen LogP contribution in [0.2, 0.25) is 0 Å². The van der Waals surface area contributed by atoms with E-state index in [2.05, 4.69) is 15.6 Å². The summed E-state index contributed by atoms with van der Waals surface area (Å²) in [6, 6.07) is 2.63. The second-order valence-corrected chi connectivity index (χ2v) is 5.24. The normalized spacial score (nSPS) is 19.0. The van der Waals surface area contributed by atoms with Gasteiger partial charge in [0, 0.05) is 26.7 Å². The molecule has 1 aliphatic heterocycles. The number of guanidine groups is 1. The number of nitrogens with zero attached hydrogens (tertiary/aromatic N) is 1. The van der Waals surface area contributed by atoms with Crippen molar-refractivity contribution in [2.45, 2.75) is 31.7 Å². The van der Waals surface area contributed by atoms with Crippen LogP contribution in [0.15, 0.2) is 23.2 Å². The number of benzene rings is 1. The lowest BCUT2D eigenvalue weighted by Gasteiger charge is -2.17. The summed E-state index contributed by atoms with van der Waals surface area (Å²) in [6.45, 7) is 1.15. The summed E-state index contributed by atoms with van der Waals surface area (Å²) in [4.78, 5) is 3.96. The van der Waals surface area contributed by atoms with Gasteiger partial charge in [-0.25, -0.2) is 4.39 Å². The van der Waals surface area contributed by atoms with Crippen molar-refractivity contribution in [3.63, 3.8) is 0 Å². The third-order valence-corrected chi connectivity index (χ3v) is 3.57. The number of nitrogens with one attached hydrogen (secondary N) is 2. The monoisotopic (exact) mass is 333 g/mol. The Morgan fingerprint density at radius 1 is 1.35 bits per heavy atom. The molecule has 0 bridgehead atoms. The van der Waals surface area contributed by atoms with E-state index in [0.29, 0.717) is 18.6 Å². The van der Waals surface area contributed by atoms with Crippen molar-refractivity contribution in [3.8, 4) is 0 Å². The van der Waals surface area contributed by atoms with E-state index in [1.165, 1.54) is 7.05 Å². The standard InChI is InChI=1S/C15H19F4N3O/c1-20-14(22-9-12-3-2-6-23-12)21-8-10-4-5-11(16)7-13(10)15(17,18)19/h4-5,7,12H,2-3,6,8-9H2,1H3,(H2,20,21,22). The zero-order valence-electron chi connectivity index (χ0n) is 12.7. The molecule has 1 saturated heterocycles. The van der Waals surface area contributed by atoms with Crippen molar-refractivity contribution in [1.29, 1.82) is 0 Å². The molecule has 0 aromatic heterocycles. The molecule has 0 radical (unpaired) electrons. The van der Waals surface area contributed by atoms with Crippen LogP contribution in [-0.2, 0) is 17.5 Å². The maximum Gasteiger partial charge on any atom is 0.416 e. The number of alkyl halides is 3. The van der Waals surface area contributed by atoms with Crippen molar-refractivity contribution in [3.05, 3.63) is 35.1 Å². The van der Waals surface area contributed by atoms with Gasteiger partial charge < -0.3 is 15.4 Å². The second kappa shape index (κ2) is 7.63. The van der Waals surface area contributed by atoms with Gasteiger partial charge in [-0.1, -0.05) is 6.07 Å². The van der Waals surface area contributed by atoms with Crippen LogP contribution in [0.1, 0.15) is 24.0 Å². The highest BCUT2D eigenvalue weighted by atomic mass is 19.4. The van der Waals surface area contributed by atoms with Gasteiger partial charge in [0.15, 0.2) is 5.96 Å². The fourth-order valence-electron chi connectivity index (χ4n) is 2.38. The first-order valence-electron chi connectivity index (χ1n) is 7.32. The van der Waals surface area contributed by atoms with Crippen molar-refractivity contribution in [2.24, 2.45) is 4.99 Å². The number of aliphatic imine (C=N–C) groups is 1. The molecule has 0 saturated carbocycles. The average molecular weight is 333 g/mol. The van der Waals surface area contributed by atoms with E-state index < -0.39 is 17.6 Å². The van der Waals surface area contributed by atoms with Crippen LogP contribution in [0, 0.1) is 5.82 Å². The maximum absolute atomic E-state index is 13.1. The number of halogens is 4. The van der Waals surface area contributed by atoms with Crippen molar-refractivity contribution >= 4 is 5.96 Å². The first-order chi connectivity index (χ1) is 10.9. The summed E-state index contributed by atoms with van der Waals surface area (Å²) >= 11 is 0. The largest absolute Gasteiger partial charge is 0.416 e. The van der Waals surface area contributed by atoms with Gasteiger partial charge in [-0.2, -0.15) is 13.2 Å². The van der Waals surface area contributed by atoms with Crippen LogP contribution < -0.4 is 10.6 Å². The number of ether oxygens (including phenoxy) is 1. The minimum Gasteiger partial charge on any atom is -0.376 e. The molecule has 1 atom stereocenters. The predicted octanol–water partition coefficient (Wildman–Crippen LogP) is 2.69. The molecule has 4 nitrogen and oxygen atoms in total. The quantitative estimate of drug-likeness (QED) is 0.506. The van der Waals surface area contributed by atoms with E-state index in [-0.39, 0.29) is 18.2 Å². The molecule has 1 heterocycles. The van der Waals surface area contributed by atoms with E-state index in [1.807, 2.05) is 0 Å². The molecular weight excluding hydrogens is 314 g/mol. The topological polar surface area (TPSA) is 45.7 Å². The molecule has 1 aromatic carbocycles. The molecule has 2 N–H and O–H groups in total. The van der Waals surface area contributed by atoms with E-state index in [4.69, 9.17) is 4.74 Å². The third-order valence-electron chi connectivity index (χ3n) is 3.57. The molecule has 8 heteroatoms. The van der Waals surface area contributed by atoms with Gasteiger partial charge in [-0.3, -0.25) is 4.99 Å². The van der Waals surface area contributed by atoms with Gasteiger partial charge in [-0.15, -0.1) is 0 Å². The minimum atomic E-state index is -4.60. The first kappa shape index (κ1) is 17.5. The number of hydrogen-bond donors (Lipinski definition) is 2. The van der Waals surface area contributed by atoms with Crippen molar-refractivity contribution in [1.82, 2.24) is 10.6 Å². The molecule has 0 spiro atoms. The van der Waals surface area contributed by atoms with Crippen molar-refractivity contribution < 1.29 is 22.3 Å². The Kier molecular flexibility index (Phi) is 5.81. The van der Waals surface area contributed by atoms with Gasteiger partial charge >= 0.3 is 6.18 Å². The summed E-state index contributed by atoms with van der Waals surface area (Å²) in [5.41, 5.74) is -1.03. The summed E-state index contributed by atoms with van der Waals surface area (Å²) in [7, 11) is 1.53. The van der Waals surface area contributed by atoms with Crippen molar-refractivity contribution in [2.75, 3.05) is 20.2 Å². The predicted molar refractivity (Wildman–Crippen MR) is 78.6 cm³/mol. The van der Waals surface area contributed by atoms with Crippen LogP contribution in [0.3, 0.4) is 0 Å². The van der Waals surface area contributed by atoms with E-state index >= 15 is 0 Å². The fourth-order valence-corrected chi connectivity index (χ4v) is 2.38. The SMILES string of the molecule is CN=C(NCc1ccc(F)cc1C(F)(F)F)NCC1CCCO1. The lowest BCUT2D eigenvalue weighted by Crippen LogP contribution is -2.40. The molecule has 1 fully saturated rings.